The molecule has 0 unspecified atom stereocenters. The molecule has 0 aliphatic rings. The lowest BCUT2D eigenvalue weighted by Gasteiger charge is -2.09. The van der Waals surface area contributed by atoms with Gasteiger partial charge in [0.15, 0.2) is 0 Å². The molecule has 0 radical (unpaired) electrons. The van der Waals surface area contributed by atoms with Crippen LogP contribution in [-0.2, 0) is 0 Å². The molecule has 2 rings (SSSR count). The summed E-state index contributed by atoms with van der Waals surface area (Å²) in [5, 5.41) is 4.95. The standard InChI is InChI=1S/C20H20/c1-5-9-17-13-11-16(8-4)20-18(10-6-2)14-12-15(7-3)19(17)20/h5-14H,1,3H2,2,4H3/b10-6-,16-8-,17-9-. The van der Waals surface area contributed by atoms with Crippen molar-refractivity contribution in [3.05, 3.63) is 71.1 Å². The van der Waals surface area contributed by atoms with Crippen molar-refractivity contribution in [2.24, 2.45) is 0 Å². The Morgan fingerprint density at radius 3 is 2.10 bits per heavy atom. The van der Waals surface area contributed by atoms with E-state index in [1.54, 1.807) is 0 Å². The van der Waals surface area contributed by atoms with Crippen molar-refractivity contribution in [1.82, 2.24) is 0 Å². The minimum absolute atomic E-state index is 1.16. The van der Waals surface area contributed by atoms with Gasteiger partial charge in [0.1, 0.15) is 0 Å². The molecule has 0 saturated carbocycles. The number of benzene rings is 2. The SMILES string of the molecule is C=C/C=c1/cc/c(=C/C)c2c(/C=C\C)ccc(C=C)c12. The first-order chi connectivity index (χ1) is 9.76. The summed E-state index contributed by atoms with van der Waals surface area (Å²) in [6, 6.07) is 8.60. The number of rotatable bonds is 3. The third-order valence-electron chi connectivity index (χ3n) is 3.46. The predicted octanol–water partition coefficient (Wildman–Crippen LogP) is 4.28. The first-order valence-corrected chi connectivity index (χ1v) is 6.86. The zero-order valence-electron chi connectivity index (χ0n) is 12.2. The van der Waals surface area contributed by atoms with Crippen molar-refractivity contribution < 1.29 is 0 Å². The van der Waals surface area contributed by atoms with E-state index in [1.165, 1.54) is 26.8 Å². The summed E-state index contributed by atoms with van der Waals surface area (Å²) in [7, 11) is 0. The molecule has 0 heteroatoms. The smallest absolute Gasteiger partial charge is 0.00271 e. The number of hydrogen-bond donors (Lipinski definition) is 0. The molecule has 0 aliphatic carbocycles. The van der Waals surface area contributed by atoms with Gasteiger partial charge in [-0.05, 0) is 46.2 Å². The second kappa shape index (κ2) is 6.21. The summed E-state index contributed by atoms with van der Waals surface area (Å²) in [5.41, 5.74) is 2.39. The summed E-state index contributed by atoms with van der Waals surface area (Å²) in [6.07, 6.45) is 12.2. The van der Waals surface area contributed by atoms with Crippen LogP contribution in [0.5, 0.6) is 0 Å². The van der Waals surface area contributed by atoms with Gasteiger partial charge in [-0.2, -0.15) is 0 Å². The molecule has 0 heterocycles. The molecule has 0 N–H and O–H groups in total. The minimum Gasteiger partial charge on any atom is -0.0990 e. The second-order valence-corrected chi connectivity index (χ2v) is 4.63. The topological polar surface area (TPSA) is 0 Å². The van der Waals surface area contributed by atoms with E-state index < -0.39 is 0 Å². The molecule has 2 aromatic carbocycles. The molecule has 0 amide bonds. The Hall–Kier alpha value is -2.34. The average molecular weight is 260 g/mol. The average Bonchev–Trinajstić information content (AvgIpc) is 2.48. The zero-order valence-corrected chi connectivity index (χ0v) is 12.2. The van der Waals surface area contributed by atoms with E-state index in [1.807, 2.05) is 25.2 Å². The highest BCUT2D eigenvalue weighted by molar-refractivity contribution is 5.97. The van der Waals surface area contributed by atoms with Crippen molar-refractivity contribution in [3.8, 4) is 0 Å². The number of fused-ring (bicyclic) bond motifs is 1. The first-order valence-electron chi connectivity index (χ1n) is 6.86. The Bertz CT molecular complexity index is 802. The maximum absolute atomic E-state index is 3.95. The van der Waals surface area contributed by atoms with Crippen molar-refractivity contribution in [3.63, 3.8) is 0 Å². The molecular weight excluding hydrogens is 240 g/mol. The van der Waals surface area contributed by atoms with Gasteiger partial charge in [-0.3, -0.25) is 0 Å². The molecule has 0 bridgehead atoms. The second-order valence-electron chi connectivity index (χ2n) is 4.63. The molecule has 100 valence electrons. The van der Waals surface area contributed by atoms with Gasteiger partial charge in [-0.15, -0.1) is 0 Å². The monoisotopic (exact) mass is 260 g/mol. The highest BCUT2D eigenvalue weighted by Crippen LogP contribution is 2.19. The Kier molecular flexibility index (Phi) is 4.37. The van der Waals surface area contributed by atoms with Crippen LogP contribution in [-0.4, -0.2) is 0 Å². The number of hydrogen-bond acceptors (Lipinski definition) is 0. The summed E-state index contributed by atoms with van der Waals surface area (Å²) >= 11 is 0. The van der Waals surface area contributed by atoms with Gasteiger partial charge in [0.25, 0.3) is 0 Å². The van der Waals surface area contributed by atoms with Gasteiger partial charge in [0, 0.05) is 0 Å². The molecule has 0 aromatic heterocycles. The van der Waals surface area contributed by atoms with Crippen LogP contribution in [0, 0.1) is 0 Å². The fourth-order valence-electron chi connectivity index (χ4n) is 2.60. The van der Waals surface area contributed by atoms with Crippen LogP contribution in [0.25, 0.3) is 35.1 Å². The van der Waals surface area contributed by atoms with Gasteiger partial charge in [-0.25, -0.2) is 0 Å². The van der Waals surface area contributed by atoms with Gasteiger partial charge in [0.2, 0.25) is 0 Å². The third-order valence-corrected chi connectivity index (χ3v) is 3.46. The largest absolute Gasteiger partial charge is 0.0990 e. The summed E-state index contributed by atoms with van der Waals surface area (Å²) in [6.45, 7) is 11.9. The van der Waals surface area contributed by atoms with Gasteiger partial charge >= 0.3 is 0 Å². The van der Waals surface area contributed by atoms with Gasteiger partial charge in [0.05, 0.1) is 0 Å². The van der Waals surface area contributed by atoms with Crippen LogP contribution in [0.1, 0.15) is 25.0 Å². The quantitative estimate of drug-likeness (QED) is 0.772. The lowest BCUT2D eigenvalue weighted by molar-refractivity contribution is 1.58. The van der Waals surface area contributed by atoms with E-state index in [0.29, 0.717) is 0 Å². The fourth-order valence-corrected chi connectivity index (χ4v) is 2.60. The van der Waals surface area contributed by atoms with Crippen molar-refractivity contribution in [1.29, 1.82) is 0 Å². The van der Waals surface area contributed by atoms with Crippen LogP contribution in [0.3, 0.4) is 0 Å². The lowest BCUT2D eigenvalue weighted by atomic mass is 9.95. The van der Waals surface area contributed by atoms with E-state index in [0.717, 1.165) is 5.56 Å². The molecule has 0 nitrogen and oxygen atoms in total. The Balaban J connectivity index is 3.18. The molecular formula is C20H20. The predicted molar refractivity (Wildman–Crippen MR) is 92.8 cm³/mol. The van der Waals surface area contributed by atoms with Gasteiger partial charge < -0.3 is 0 Å². The maximum Gasteiger partial charge on any atom is -0.00271 e. The number of allylic oxidation sites excluding steroid dienone is 2. The van der Waals surface area contributed by atoms with Crippen LogP contribution < -0.4 is 10.4 Å². The van der Waals surface area contributed by atoms with Crippen LogP contribution in [0.15, 0.2) is 49.6 Å². The molecule has 0 aliphatic heterocycles. The van der Waals surface area contributed by atoms with Crippen LogP contribution >= 0.6 is 0 Å². The lowest BCUT2D eigenvalue weighted by Crippen LogP contribution is -2.13. The van der Waals surface area contributed by atoms with Crippen molar-refractivity contribution in [2.45, 2.75) is 13.8 Å². The molecule has 0 atom stereocenters. The third kappa shape index (κ3) is 2.37. The fraction of sp³-hybridized carbons (Fsp3) is 0.100. The minimum atomic E-state index is 1.16. The molecule has 20 heavy (non-hydrogen) atoms. The highest BCUT2D eigenvalue weighted by Gasteiger charge is 2.05. The molecule has 0 spiro atoms. The van der Waals surface area contributed by atoms with Crippen molar-refractivity contribution >= 4 is 35.1 Å². The van der Waals surface area contributed by atoms with E-state index >= 15 is 0 Å². The summed E-state index contributed by atoms with van der Waals surface area (Å²) < 4.78 is 0. The van der Waals surface area contributed by atoms with Gasteiger partial charge in [-0.1, -0.05) is 73.9 Å². The van der Waals surface area contributed by atoms with E-state index in [-0.39, 0.29) is 0 Å². The zero-order chi connectivity index (χ0) is 14.5. The van der Waals surface area contributed by atoms with E-state index in [4.69, 9.17) is 0 Å². The Morgan fingerprint density at radius 1 is 0.850 bits per heavy atom. The Morgan fingerprint density at radius 2 is 1.50 bits per heavy atom. The van der Waals surface area contributed by atoms with E-state index in [2.05, 4.69) is 62.6 Å². The molecule has 2 aromatic rings. The van der Waals surface area contributed by atoms with Crippen molar-refractivity contribution in [2.75, 3.05) is 0 Å². The molecule has 0 fully saturated rings. The maximum atomic E-state index is 3.95. The van der Waals surface area contributed by atoms with Crippen LogP contribution in [0.4, 0.5) is 0 Å². The van der Waals surface area contributed by atoms with Crippen LogP contribution in [0.2, 0.25) is 0 Å². The van der Waals surface area contributed by atoms with E-state index in [9.17, 15) is 0 Å². The normalized spacial score (nSPS) is 13.3. The first kappa shape index (κ1) is 14.1. The summed E-state index contributed by atoms with van der Waals surface area (Å²) in [4.78, 5) is 0. The highest BCUT2D eigenvalue weighted by atomic mass is 14.1. The summed E-state index contributed by atoms with van der Waals surface area (Å²) in [5.74, 6) is 0. The Labute approximate surface area is 120 Å². The molecule has 0 saturated heterocycles.